The number of carboxylic acids is 1. The van der Waals surface area contributed by atoms with Crippen LogP contribution in [0.4, 0.5) is 0 Å². The Labute approximate surface area is 102 Å². The molecule has 0 aromatic heterocycles. The third-order valence-electron chi connectivity index (χ3n) is 2.45. The number of rotatable bonds is 7. The number of ether oxygens (including phenoxy) is 1. The van der Waals surface area contributed by atoms with Crippen molar-refractivity contribution in [2.24, 2.45) is 0 Å². The van der Waals surface area contributed by atoms with Gasteiger partial charge in [-0.25, -0.2) is 4.79 Å². The summed E-state index contributed by atoms with van der Waals surface area (Å²) >= 11 is 0. The highest BCUT2D eigenvalue weighted by Gasteiger charge is 2.08. The van der Waals surface area contributed by atoms with Gasteiger partial charge in [0, 0.05) is 19.7 Å². The van der Waals surface area contributed by atoms with E-state index >= 15 is 0 Å². The Morgan fingerprint density at radius 2 is 2.18 bits per heavy atom. The molecule has 0 radical (unpaired) electrons. The number of carbonyl (C=O) groups is 1. The van der Waals surface area contributed by atoms with E-state index in [1.54, 1.807) is 12.1 Å². The molecule has 1 atom stereocenters. The van der Waals surface area contributed by atoms with Crippen LogP contribution in [0.3, 0.4) is 0 Å². The molecule has 94 valence electrons. The predicted octanol–water partition coefficient (Wildman–Crippen LogP) is 1.90. The molecule has 1 unspecified atom stereocenters. The summed E-state index contributed by atoms with van der Waals surface area (Å²) in [5.41, 5.74) is 1.15. The fourth-order valence-electron chi connectivity index (χ4n) is 1.64. The topological polar surface area (TPSA) is 58.6 Å². The van der Waals surface area contributed by atoms with E-state index < -0.39 is 5.97 Å². The number of carboxylic acid groups (broad SMARTS) is 1. The Kier molecular flexibility index (Phi) is 5.66. The van der Waals surface area contributed by atoms with Crippen LogP contribution in [-0.2, 0) is 11.3 Å². The van der Waals surface area contributed by atoms with E-state index in [2.05, 4.69) is 5.32 Å². The molecule has 0 saturated carbocycles. The van der Waals surface area contributed by atoms with Crippen LogP contribution in [0.25, 0.3) is 0 Å². The first kappa shape index (κ1) is 13.7. The van der Waals surface area contributed by atoms with E-state index in [-0.39, 0.29) is 6.10 Å². The molecule has 0 saturated heterocycles. The van der Waals surface area contributed by atoms with Crippen LogP contribution < -0.4 is 5.32 Å². The number of hydrogen-bond acceptors (Lipinski definition) is 3. The van der Waals surface area contributed by atoms with E-state index in [1.807, 2.05) is 26.0 Å². The van der Waals surface area contributed by atoms with Gasteiger partial charge in [-0.3, -0.25) is 0 Å². The van der Waals surface area contributed by atoms with Gasteiger partial charge in [0.25, 0.3) is 0 Å². The molecular weight excluding hydrogens is 218 g/mol. The number of nitrogens with one attached hydrogen (secondary N) is 1. The average molecular weight is 237 g/mol. The molecule has 2 N–H and O–H groups in total. The summed E-state index contributed by atoms with van der Waals surface area (Å²) in [6.07, 6.45) is 0.136. The van der Waals surface area contributed by atoms with Gasteiger partial charge in [-0.2, -0.15) is 0 Å². The van der Waals surface area contributed by atoms with Crippen molar-refractivity contribution in [3.05, 3.63) is 35.4 Å². The fraction of sp³-hybridized carbons (Fsp3) is 0.462. The van der Waals surface area contributed by atoms with Gasteiger partial charge in [0.1, 0.15) is 0 Å². The molecule has 0 aliphatic rings. The molecule has 4 heteroatoms. The second-order valence-corrected chi connectivity index (χ2v) is 3.86. The molecule has 0 heterocycles. The van der Waals surface area contributed by atoms with Crippen molar-refractivity contribution in [2.45, 2.75) is 26.5 Å². The summed E-state index contributed by atoms with van der Waals surface area (Å²) in [4.78, 5) is 11.0. The van der Waals surface area contributed by atoms with Crippen molar-refractivity contribution in [3.8, 4) is 0 Å². The SMILES string of the molecule is CCOC(C)CNCc1ccccc1C(=O)O. The average Bonchev–Trinajstić information content (AvgIpc) is 2.30. The Balaban J connectivity index is 2.49. The monoisotopic (exact) mass is 237 g/mol. The molecule has 1 aromatic rings. The molecule has 1 aromatic carbocycles. The second kappa shape index (κ2) is 7.04. The summed E-state index contributed by atoms with van der Waals surface area (Å²) in [5, 5.41) is 12.2. The molecule has 4 nitrogen and oxygen atoms in total. The lowest BCUT2D eigenvalue weighted by Crippen LogP contribution is -2.27. The van der Waals surface area contributed by atoms with Gasteiger partial charge in [0.05, 0.1) is 11.7 Å². The third kappa shape index (κ3) is 4.54. The van der Waals surface area contributed by atoms with Crippen LogP contribution in [0, 0.1) is 0 Å². The van der Waals surface area contributed by atoms with Gasteiger partial charge in [-0.05, 0) is 25.5 Å². The summed E-state index contributed by atoms with van der Waals surface area (Å²) in [6, 6.07) is 7.01. The van der Waals surface area contributed by atoms with E-state index in [0.29, 0.717) is 25.3 Å². The van der Waals surface area contributed by atoms with E-state index in [1.165, 1.54) is 0 Å². The number of hydrogen-bond donors (Lipinski definition) is 2. The highest BCUT2D eigenvalue weighted by molar-refractivity contribution is 5.89. The van der Waals surface area contributed by atoms with Crippen LogP contribution >= 0.6 is 0 Å². The summed E-state index contributed by atoms with van der Waals surface area (Å²) in [5.74, 6) is -0.889. The molecule has 0 aliphatic heterocycles. The first-order valence-corrected chi connectivity index (χ1v) is 5.78. The zero-order valence-electron chi connectivity index (χ0n) is 10.3. The van der Waals surface area contributed by atoms with Crippen LogP contribution in [-0.4, -0.2) is 30.3 Å². The Morgan fingerprint density at radius 1 is 1.47 bits per heavy atom. The molecule has 17 heavy (non-hydrogen) atoms. The maximum absolute atomic E-state index is 11.0. The number of aromatic carboxylic acids is 1. The maximum atomic E-state index is 11.0. The van der Waals surface area contributed by atoms with Crippen LogP contribution in [0.15, 0.2) is 24.3 Å². The van der Waals surface area contributed by atoms with Crippen LogP contribution in [0.1, 0.15) is 29.8 Å². The molecule has 0 spiro atoms. The second-order valence-electron chi connectivity index (χ2n) is 3.86. The van der Waals surface area contributed by atoms with E-state index in [4.69, 9.17) is 9.84 Å². The standard InChI is InChI=1S/C13H19NO3/c1-3-17-10(2)8-14-9-11-6-4-5-7-12(11)13(15)16/h4-7,10,14H,3,8-9H2,1-2H3,(H,15,16). The van der Waals surface area contributed by atoms with Crippen molar-refractivity contribution >= 4 is 5.97 Å². The summed E-state index contributed by atoms with van der Waals surface area (Å²) in [7, 11) is 0. The minimum Gasteiger partial charge on any atom is -0.478 e. The lowest BCUT2D eigenvalue weighted by molar-refractivity contribution is 0.0695. The van der Waals surface area contributed by atoms with Crippen molar-refractivity contribution in [2.75, 3.05) is 13.2 Å². The van der Waals surface area contributed by atoms with Crippen molar-refractivity contribution in [1.82, 2.24) is 5.32 Å². The van der Waals surface area contributed by atoms with Gasteiger partial charge in [0.2, 0.25) is 0 Å². The summed E-state index contributed by atoms with van der Waals surface area (Å²) < 4.78 is 5.38. The first-order valence-electron chi connectivity index (χ1n) is 5.78. The van der Waals surface area contributed by atoms with Gasteiger partial charge in [0.15, 0.2) is 0 Å². The van der Waals surface area contributed by atoms with E-state index in [0.717, 1.165) is 5.56 Å². The molecule has 1 rings (SSSR count). The highest BCUT2D eigenvalue weighted by atomic mass is 16.5. The van der Waals surface area contributed by atoms with Crippen LogP contribution in [0.5, 0.6) is 0 Å². The quantitative estimate of drug-likeness (QED) is 0.760. The van der Waals surface area contributed by atoms with E-state index in [9.17, 15) is 4.79 Å². The van der Waals surface area contributed by atoms with Crippen molar-refractivity contribution < 1.29 is 14.6 Å². The maximum Gasteiger partial charge on any atom is 0.336 e. The predicted molar refractivity (Wildman–Crippen MR) is 66.2 cm³/mol. The van der Waals surface area contributed by atoms with Crippen molar-refractivity contribution in [3.63, 3.8) is 0 Å². The normalized spacial score (nSPS) is 12.4. The molecule has 0 fully saturated rings. The molecular formula is C13H19NO3. The smallest absolute Gasteiger partial charge is 0.336 e. The zero-order chi connectivity index (χ0) is 12.7. The lowest BCUT2D eigenvalue weighted by Gasteiger charge is -2.13. The Hall–Kier alpha value is -1.39. The minimum absolute atomic E-state index is 0.136. The third-order valence-corrected chi connectivity index (χ3v) is 2.45. The fourth-order valence-corrected chi connectivity index (χ4v) is 1.64. The molecule has 0 amide bonds. The number of benzene rings is 1. The van der Waals surface area contributed by atoms with Gasteiger partial charge < -0.3 is 15.2 Å². The highest BCUT2D eigenvalue weighted by Crippen LogP contribution is 2.08. The van der Waals surface area contributed by atoms with Crippen molar-refractivity contribution in [1.29, 1.82) is 0 Å². The first-order chi connectivity index (χ1) is 8.15. The van der Waals surface area contributed by atoms with Crippen LogP contribution in [0.2, 0.25) is 0 Å². The van der Waals surface area contributed by atoms with Gasteiger partial charge in [-0.1, -0.05) is 18.2 Å². The van der Waals surface area contributed by atoms with Gasteiger partial charge >= 0.3 is 5.97 Å². The Bertz CT molecular complexity index is 365. The summed E-state index contributed by atoms with van der Waals surface area (Å²) in [6.45, 7) is 5.88. The minimum atomic E-state index is -0.889. The lowest BCUT2D eigenvalue weighted by atomic mass is 10.1. The molecule has 0 aliphatic carbocycles. The zero-order valence-corrected chi connectivity index (χ0v) is 10.3. The molecule has 0 bridgehead atoms. The van der Waals surface area contributed by atoms with Gasteiger partial charge in [-0.15, -0.1) is 0 Å². The largest absolute Gasteiger partial charge is 0.478 e. The Morgan fingerprint density at radius 3 is 2.82 bits per heavy atom.